The summed E-state index contributed by atoms with van der Waals surface area (Å²) in [5.41, 5.74) is 6.25. The predicted molar refractivity (Wildman–Crippen MR) is 79.9 cm³/mol. The van der Waals surface area contributed by atoms with E-state index in [9.17, 15) is 9.59 Å². The van der Waals surface area contributed by atoms with Gasteiger partial charge >= 0.3 is 0 Å². The average molecular weight is 355 g/mol. The SMILES string of the molecule is NC(=O)c1cccc(C(=O)Nc2cnc(Cl)c(Br)c2)c1. The highest BCUT2D eigenvalue weighted by atomic mass is 79.9. The molecule has 0 aliphatic rings. The molecule has 2 amide bonds. The highest BCUT2D eigenvalue weighted by Crippen LogP contribution is 2.23. The van der Waals surface area contributed by atoms with Gasteiger partial charge in [0, 0.05) is 11.1 Å². The summed E-state index contributed by atoms with van der Waals surface area (Å²) in [7, 11) is 0. The molecular formula is C13H9BrClN3O2. The first-order chi connectivity index (χ1) is 9.47. The molecule has 0 spiro atoms. The highest BCUT2D eigenvalue weighted by molar-refractivity contribution is 9.10. The lowest BCUT2D eigenvalue weighted by Gasteiger charge is -2.06. The third-order valence-electron chi connectivity index (χ3n) is 2.46. The number of nitrogens with two attached hydrogens (primary N) is 1. The molecular weight excluding hydrogens is 346 g/mol. The van der Waals surface area contributed by atoms with E-state index in [-0.39, 0.29) is 11.5 Å². The van der Waals surface area contributed by atoms with E-state index >= 15 is 0 Å². The number of nitrogens with zero attached hydrogens (tertiary/aromatic N) is 1. The maximum Gasteiger partial charge on any atom is 0.255 e. The normalized spacial score (nSPS) is 10.1. The lowest BCUT2D eigenvalue weighted by molar-refractivity contribution is 0.1000. The van der Waals surface area contributed by atoms with E-state index in [1.54, 1.807) is 24.3 Å². The van der Waals surface area contributed by atoms with Crippen molar-refractivity contribution in [2.24, 2.45) is 5.73 Å². The number of carbonyl (C=O) groups is 2. The van der Waals surface area contributed by atoms with Gasteiger partial charge in [-0.1, -0.05) is 17.7 Å². The second kappa shape index (κ2) is 6.02. The molecule has 20 heavy (non-hydrogen) atoms. The zero-order valence-electron chi connectivity index (χ0n) is 10.1. The van der Waals surface area contributed by atoms with Crippen molar-refractivity contribution in [2.75, 3.05) is 5.32 Å². The van der Waals surface area contributed by atoms with Crippen LogP contribution in [0.3, 0.4) is 0 Å². The van der Waals surface area contributed by atoms with Crippen molar-refractivity contribution in [2.45, 2.75) is 0 Å². The van der Waals surface area contributed by atoms with Gasteiger partial charge in [-0.15, -0.1) is 0 Å². The summed E-state index contributed by atoms with van der Waals surface area (Å²) in [6.07, 6.45) is 1.43. The van der Waals surface area contributed by atoms with Crippen LogP contribution in [-0.4, -0.2) is 16.8 Å². The fourth-order valence-corrected chi connectivity index (χ4v) is 1.96. The van der Waals surface area contributed by atoms with Crippen LogP contribution in [-0.2, 0) is 0 Å². The van der Waals surface area contributed by atoms with E-state index in [2.05, 4.69) is 26.2 Å². The van der Waals surface area contributed by atoms with E-state index < -0.39 is 5.91 Å². The summed E-state index contributed by atoms with van der Waals surface area (Å²) in [6, 6.07) is 7.77. The Morgan fingerprint density at radius 2 is 1.95 bits per heavy atom. The zero-order chi connectivity index (χ0) is 14.7. The smallest absolute Gasteiger partial charge is 0.255 e. The third kappa shape index (κ3) is 3.34. The summed E-state index contributed by atoms with van der Waals surface area (Å²) in [6.45, 7) is 0. The molecule has 2 rings (SSSR count). The van der Waals surface area contributed by atoms with Gasteiger partial charge in [-0.3, -0.25) is 9.59 Å². The molecule has 1 aromatic carbocycles. The van der Waals surface area contributed by atoms with Gasteiger partial charge in [0.15, 0.2) is 0 Å². The van der Waals surface area contributed by atoms with Crippen LogP contribution in [0.25, 0.3) is 0 Å². The van der Waals surface area contributed by atoms with Gasteiger partial charge in [0.1, 0.15) is 5.15 Å². The molecule has 1 heterocycles. The first kappa shape index (κ1) is 14.5. The van der Waals surface area contributed by atoms with Crippen LogP contribution >= 0.6 is 27.5 Å². The van der Waals surface area contributed by atoms with Gasteiger partial charge in [-0.2, -0.15) is 0 Å². The van der Waals surface area contributed by atoms with Crippen molar-refractivity contribution >= 4 is 45.0 Å². The molecule has 0 bridgehead atoms. The van der Waals surface area contributed by atoms with E-state index in [0.29, 0.717) is 20.9 Å². The van der Waals surface area contributed by atoms with Crippen LogP contribution in [0.5, 0.6) is 0 Å². The van der Waals surface area contributed by atoms with Gasteiger partial charge in [0.25, 0.3) is 5.91 Å². The van der Waals surface area contributed by atoms with Crippen molar-refractivity contribution in [3.63, 3.8) is 0 Å². The van der Waals surface area contributed by atoms with Crippen LogP contribution in [0.15, 0.2) is 41.0 Å². The molecule has 102 valence electrons. The number of carbonyl (C=O) groups excluding carboxylic acids is 2. The van der Waals surface area contributed by atoms with Crippen LogP contribution < -0.4 is 11.1 Å². The summed E-state index contributed by atoms with van der Waals surface area (Å²) in [4.78, 5) is 27.0. The minimum atomic E-state index is -0.587. The molecule has 2 aromatic rings. The number of primary amides is 1. The van der Waals surface area contributed by atoms with Crippen molar-refractivity contribution in [1.29, 1.82) is 0 Å². The molecule has 0 aliphatic carbocycles. The number of aromatic nitrogens is 1. The average Bonchev–Trinajstić information content (AvgIpc) is 2.43. The standard InChI is InChI=1S/C13H9BrClN3O2/c14-10-5-9(6-17-11(10)15)18-13(20)8-3-1-2-7(4-8)12(16)19/h1-6H,(H2,16,19)(H,18,20). The van der Waals surface area contributed by atoms with Gasteiger partial charge in [0.2, 0.25) is 5.91 Å². The highest BCUT2D eigenvalue weighted by Gasteiger charge is 2.10. The fourth-order valence-electron chi connectivity index (χ4n) is 1.51. The fraction of sp³-hybridized carbons (Fsp3) is 0. The van der Waals surface area contributed by atoms with Crippen molar-refractivity contribution in [1.82, 2.24) is 4.98 Å². The molecule has 1 aromatic heterocycles. The number of hydrogen-bond acceptors (Lipinski definition) is 3. The Morgan fingerprint density at radius 1 is 1.25 bits per heavy atom. The Morgan fingerprint density at radius 3 is 2.60 bits per heavy atom. The summed E-state index contributed by atoms with van der Waals surface area (Å²) in [5.74, 6) is -0.959. The Hall–Kier alpha value is -1.92. The number of nitrogens with one attached hydrogen (secondary N) is 1. The second-order valence-electron chi connectivity index (χ2n) is 3.90. The van der Waals surface area contributed by atoms with Crippen LogP contribution in [0.4, 0.5) is 5.69 Å². The largest absolute Gasteiger partial charge is 0.366 e. The molecule has 0 unspecified atom stereocenters. The topological polar surface area (TPSA) is 85.1 Å². The van der Waals surface area contributed by atoms with Gasteiger partial charge < -0.3 is 11.1 Å². The quantitative estimate of drug-likeness (QED) is 0.831. The number of hydrogen-bond donors (Lipinski definition) is 2. The Bertz CT molecular complexity index is 691. The zero-order valence-corrected chi connectivity index (χ0v) is 12.4. The third-order valence-corrected chi connectivity index (χ3v) is 3.60. The minimum Gasteiger partial charge on any atom is -0.366 e. The molecule has 0 aliphatic heterocycles. The first-order valence-electron chi connectivity index (χ1n) is 5.49. The lowest BCUT2D eigenvalue weighted by Crippen LogP contribution is -2.15. The van der Waals surface area contributed by atoms with Crippen LogP contribution in [0.1, 0.15) is 20.7 Å². The lowest BCUT2D eigenvalue weighted by atomic mass is 10.1. The number of rotatable bonds is 3. The predicted octanol–water partition coefficient (Wildman–Crippen LogP) is 2.85. The Kier molecular flexibility index (Phi) is 4.36. The van der Waals surface area contributed by atoms with E-state index in [1.165, 1.54) is 12.3 Å². The van der Waals surface area contributed by atoms with E-state index in [0.717, 1.165) is 0 Å². The molecule has 7 heteroatoms. The van der Waals surface area contributed by atoms with Gasteiger partial charge in [-0.05, 0) is 40.2 Å². The monoisotopic (exact) mass is 353 g/mol. The molecule has 0 saturated carbocycles. The van der Waals surface area contributed by atoms with Crippen LogP contribution in [0, 0.1) is 0 Å². The molecule has 0 atom stereocenters. The number of amides is 2. The van der Waals surface area contributed by atoms with E-state index in [1.807, 2.05) is 0 Å². The second-order valence-corrected chi connectivity index (χ2v) is 5.11. The molecule has 3 N–H and O–H groups in total. The summed E-state index contributed by atoms with van der Waals surface area (Å²) < 4.78 is 0.572. The Balaban J connectivity index is 2.21. The Labute approximate surface area is 128 Å². The van der Waals surface area contributed by atoms with Crippen molar-refractivity contribution in [3.05, 3.63) is 57.3 Å². The number of benzene rings is 1. The summed E-state index contributed by atoms with van der Waals surface area (Å²) in [5, 5.41) is 2.95. The number of anilines is 1. The molecule has 0 fully saturated rings. The molecule has 0 radical (unpaired) electrons. The number of halogens is 2. The maximum atomic E-state index is 12.0. The van der Waals surface area contributed by atoms with Gasteiger partial charge in [0.05, 0.1) is 16.4 Å². The molecule has 5 nitrogen and oxygen atoms in total. The minimum absolute atomic E-state index is 0.271. The molecule has 0 saturated heterocycles. The van der Waals surface area contributed by atoms with Crippen molar-refractivity contribution in [3.8, 4) is 0 Å². The number of pyridine rings is 1. The van der Waals surface area contributed by atoms with E-state index in [4.69, 9.17) is 17.3 Å². The van der Waals surface area contributed by atoms with Crippen molar-refractivity contribution < 1.29 is 9.59 Å². The van der Waals surface area contributed by atoms with Gasteiger partial charge in [-0.25, -0.2) is 4.98 Å². The maximum absolute atomic E-state index is 12.0. The van der Waals surface area contributed by atoms with Crippen LogP contribution in [0.2, 0.25) is 5.15 Å². The first-order valence-corrected chi connectivity index (χ1v) is 6.67. The summed E-state index contributed by atoms with van der Waals surface area (Å²) >= 11 is 8.98.